The number of carbonyl (C=O) groups is 1. The van der Waals surface area contributed by atoms with Crippen LogP contribution >= 0.6 is 0 Å². The van der Waals surface area contributed by atoms with Gasteiger partial charge in [-0.2, -0.15) is 0 Å². The van der Waals surface area contributed by atoms with Crippen molar-refractivity contribution >= 4 is 16.9 Å². The van der Waals surface area contributed by atoms with Crippen LogP contribution in [0.1, 0.15) is 29.1 Å². The van der Waals surface area contributed by atoms with E-state index in [-0.39, 0.29) is 11.7 Å². The zero-order valence-electron chi connectivity index (χ0n) is 12.0. The Kier molecular flexibility index (Phi) is 3.05. The second-order valence-corrected chi connectivity index (χ2v) is 6.05. The van der Waals surface area contributed by atoms with Gasteiger partial charge in [-0.15, -0.1) is 0 Å². The summed E-state index contributed by atoms with van der Waals surface area (Å²) in [7, 11) is 0. The molecule has 1 aromatic heterocycles. The molecule has 2 atom stereocenters. The minimum atomic E-state index is 0.0756. The van der Waals surface area contributed by atoms with Gasteiger partial charge >= 0.3 is 0 Å². The third-order valence-electron chi connectivity index (χ3n) is 4.40. The molecule has 0 radical (unpaired) electrons. The standard InChI is InChI=1S/C16H18N2O3/c1-9-17-14-3-2-10(6-15(14)21-9)16(19)11-4-12-7-20-8-13(5-11)18-12/h2-3,6,11-13,18H,4-5,7-8H2,1H3. The maximum atomic E-state index is 12.8. The molecule has 0 aliphatic carbocycles. The van der Waals surface area contributed by atoms with Gasteiger partial charge in [-0.25, -0.2) is 4.98 Å². The first kappa shape index (κ1) is 13.0. The number of morpholine rings is 1. The molecule has 0 spiro atoms. The summed E-state index contributed by atoms with van der Waals surface area (Å²) in [4.78, 5) is 17.0. The van der Waals surface area contributed by atoms with E-state index in [1.807, 2.05) is 25.1 Å². The number of benzene rings is 1. The summed E-state index contributed by atoms with van der Waals surface area (Å²) in [5.41, 5.74) is 2.22. The number of aryl methyl sites for hydroxylation is 1. The molecule has 21 heavy (non-hydrogen) atoms. The Morgan fingerprint density at radius 3 is 2.81 bits per heavy atom. The molecule has 2 aliphatic heterocycles. The third kappa shape index (κ3) is 2.36. The fourth-order valence-corrected chi connectivity index (χ4v) is 3.48. The number of Topliss-reactive ketones (excluding diaryl/α,β-unsaturated/α-hetero) is 1. The molecule has 0 amide bonds. The molecular formula is C16H18N2O3. The van der Waals surface area contributed by atoms with Crippen LogP contribution in [-0.4, -0.2) is 36.1 Å². The van der Waals surface area contributed by atoms with Crippen LogP contribution in [0.3, 0.4) is 0 Å². The van der Waals surface area contributed by atoms with Gasteiger partial charge in [-0.05, 0) is 31.0 Å². The normalized spacial score (nSPS) is 28.7. The summed E-state index contributed by atoms with van der Waals surface area (Å²) in [5.74, 6) is 0.916. The SMILES string of the molecule is Cc1nc2ccc(C(=O)C3CC4COCC(C3)N4)cc2o1. The molecule has 110 valence electrons. The lowest BCUT2D eigenvalue weighted by Crippen LogP contribution is -2.55. The Morgan fingerprint density at radius 1 is 1.29 bits per heavy atom. The fourth-order valence-electron chi connectivity index (χ4n) is 3.48. The predicted molar refractivity (Wildman–Crippen MR) is 77.3 cm³/mol. The molecule has 1 N–H and O–H groups in total. The average Bonchev–Trinajstić information content (AvgIpc) is 2.85. The van der Waals surface area contributed by atoms with E-state index in [2.05, 4.69) is 10.3 Å². The van der Waals surface area contributed by atoms with Crippen molar-refractivity contribution in [3.8, 4) is 0 Å². The van der Waals surface area contributed by atoms with Crippen LogP contribution in [0.2, 0.25) is 0 Å². The quantitative estimate of drug-likeness (QED) is 0.856. The highest BCUT2D eigenvalue weighted by Crippen LogP contribution is 2.28. The highest BCUT2D eigenvalue weighted by atomic mass is 16.5. The number of piperidine rings is 1. The predicted octanol–water partition coefficient (Wildman–Crippen LogP) is 2.09. The highest BCUT2D eigenvalue weighted by molar-refractivity contribution is 6.00. The number of nitrogens with one attached hydrogen (secondary N) is 1. The van der Waals surface area contributed by atoms with Gasteiger partial charge in [0.15, 0.2) is 17.3 Å². The zero-order valence-corrected chi connectivity index (χ0v) is 12.0. The van der Waals surface area contributed by atoms with Gasteiger partial charge in [0, 0.05) is 30.5 Å². The van der Waals surface area contributed by atoms with Crippen LogP contribution in [0.5, 0.6) is 0 Å². The number of aromatic nitrogens is 1. The first-order valence-corrected chi connectivity index (χ1v) is 7.44. The van der Waals surface area contributed by atoms with Gasteiger partial charge in [0.1, 0.15) is 5.52 Å². The first-order valence-electron chi connectivity index (χ1n) is 7.44. The Labute approximate surface area is 122 Å². The van der Waals surface area contributed by atoms with Gasteiger partial charge < -0.3 is 14.5 Å². The summed E-state index contributed by atoms with van der Waals surface area (Å²) in [6.07, 6.45) is 1.70. The van der Waals surface area contributed by atoms with Crippen LogP contribution in [0, 0.1) is 12.8 Å². The molecule has 5 nitrogen and oxygen atoms in total. The van der Waals surface area contributed by atoms with E-state index in [1.54, 1.807) is 0 Å². The maximum Gasteiger partial charge on any atom is 0.192 e. The fraction of sp³-hybridized carbons (Fsp3) is 0.500. The molecular weight excluding hydrogens is 268 g/mol. The van der Waals surface area contributed by atoms with Crippen molar-refractivity contribution < 1.29 is 13.9 Å². The number of hydrogen-bond donors (Lipinski definition) is 1. The van der Waals surface area contributed by atoms with Gasteiger partial charge in [0.25, 0.3) is 0 Å². The molecule has 2 unspecified atom stereocenters. The van der Waals surface area contributed by atoms with Crippen molar-refractivity contribution in [3.63, 3.8) is 0 Å². The van der Waals surface area contributed by atoms with Gasteiger partial charge in [-0.3, -0.25) is 4.79 Å². The molecule has 2 saturated heterocycles. The van der Waals surface area contributed by atoms with E-state index in [4.69, 9.17) is 9.15 Å². The van der Waals surface area contributed by atoms with Crippen LogP contribution in [0.15, 0.2) is 22.6 Å². The topological polar surface area (TPSA) is 64.4 Å². The van der Waals surface area contributed by atoms with Crippen molar-refractivity contribution in [3.05, 3.63) is 29.7 Å². The smallest absolute Gasteiger partial charge is 0.192 e. The van der Waals surface area contributed by atoms with Crippen LogP contribution in [-0.2, 0) is 4.74 Å². The molecule has 2 aliphatic rings. The number of hydrogen-bond acceptors (Lipinski definition) is 5. The zero-order chi connectivity index (χ0) is 14.4. The lowest BCUT2D eigenvalue weighted by molar-refractivity contribution is 0.00953. The summed E-state index contributed by atoms with van der Waals surface area (Å²) < 4.78 is 11.1. The van der Waals surface area contributed by atoms with E-state index in [0.717, 1.165) is 23.9 Å². The number of oxazole rings is 1. The average molecular weight is 286 g/mol. The van der Waals surface area contributed by atoms with Crippen molar-refractivity contribution in [2.45, 2.75) is 31.8 Å². The lowest BCUT2D eigenvalue weighted by Gasteiger charge is -2.39. The molecule has 5 heteroatoms. The molecule has 2 fully saturated rings. The van der Waals surface area contributed by atoms with E-state index in [9.17, 15) is 4.79 Å². The van der Waals surface area contributed by atoms with Gasteiger partial charge in [0.2, 0.25) is 0 Å². The number of carbonyl (C=O) groups excluding carboxylic acids is 1. The molecule has 3 heterocycles. The summed E-state index contributed by atoms with van der Waals surface area (Å²) in [6, 6.07) is 6.17. The Balaban J connectivity index is 1.60. The van der Waals surface area contributed by atoms with E-state index in [0.29, 0.717) is 36.8 Å². The number of fused-ring (bicyclic) bond motifs is 3. The Morgan fingerprint density at radius 2 is 2.05 bits per heavy atom. The van der Waals surface area contributed by atoms with E-state index < -0.39 is 0 Å². The van der Waals surface area contributed by atoms with Crippen LogP contribution < -0.4 is 5.32 Å². The van der Waals surface area contributed by atoms with Crippen molar-refractivity contribution in [2.75, 3.05) is 13.2 Å². The molecule has 2 bridgehead atoms. The lowest BCUT2D eigenvalue weighted by atomic mass is 9.82. The van der Waals surface area contributed by atoms with Crippen molar-refractivity contribution in [1.29, 1.82) is 0 Å². The monoisotopic (exact) mass is 286 g/mol. The van der Waals surface area contributed by atoms with E-state index in [1.165, 1.54) is 0 Å². The van der Waals surface area contributed by atoms with Gasteiger partial charge in [0.05, 0.1) is 13.2 Å². The highest BCUT2D eigenvalue weighted by Gasteiger charge is 2.35. The molecule has 4 rings (SSSR count). The molecule has 1 aromatic carbocycles. The maximum absolute atomic E-state index is 12.8. The third-order valence-corrected chi connectivity index (χ3v) is 4.40. The summed E-state index contributed by atoms with van der Waals surface area (Å²) in [6.45, 7) is 3.23. The summed E-state index contributed by atoms with van der Waals surface area (Å²) >= 11 is 0. The van der Waals surface area contributed by atoms with E-state index >= 15 is 0 Å². The largest absolute Gasteiger partial charge is 0.441 e. The number of ketones is 1. The Hall–Kier alpha value is -1.72. The molecule has 2 aromatic rings. The van der Waals surface area contributed by atoms with Crippen molar-refractivity contribution in [1.82, 2.24) is 10.3 Å². The van der Waals surface area contributed by atoms with Crippen LogP contribution in [0.4, 0.5) is 0 Å². The van der Waals surface area contributed by atoms with Crippen molar-refractivity contribution in [2.24, 2.45) is 5.92 Å². The second-order valence-electron chi connectivity index (χ2n) is 6.05. The Bertz CT molecular complexity index is 682. The minimum Gasteiger partial charge on any atom is -0.441 e. The number of nitrogens with zero attached hydrogens (tertiary/aromatic N) is 1. The number of rotatable bonds is 2. The van der Waals surface area contributed by atoms with Crippen LogP contribution in [0.25, 0.3) is 11.1 Å². The van der Waals surface area contributed by atoms with Gasteiger partial charge in [-0.1, -0.05) is 0 Å². The minimum absolute atomic E-state index is 0.0756. The summed E-state index contributed by atoms with van der Waals surface area (Å²) in [5, 5.41) is 3.52. The number of ether oxygens (including phenoxy) is 1. The second kappa shape index (κ2) is 4.93. The molecule has 0 saturated carbocycles. The first-order chi connectivity index (χ1) is 10.2.